The molecule has 0 aromatic heterocycles. The van der Waals surface area contributed by atoms with Gasteiger partial charge in [-0.3, -0.25) is 19.7 Å². The maximum Gasteiger partial charge on any atom is 0.295 e. The molecule has 7 nitrogen and oxygen atoms in total. The molecule has 1 aliphatic rings. The second-order valence-corrected chi connectivity index (χ2v) is 6.66. The summed E-state index contributed by atoms with van der Waals surface area (Å²) in [6.07, 6.45) is 0.645. The summed E-state index contributed by atoms with van der Waals surface area (Å²) < 4.78 is 0. The first-order chi connectivity index (χ1) is 13.4. The van der Waals surface area contributed by atoms with Gasteiger partial charge in [0.25, 0.3) is 17.4 Å². The fourth-order valence-electron chi connectivity index (χ4n) is 3.49. The normalized spacial score (nSPS) is 18.5. The van der Waals surface area contributed by atoms with Crippen LogP contribution in [0.4, 0.5) is 5.69 Å². The predicted octanol–water partition coefficient (Wildman–Crippen LogP) is 3.73. The first-order valence-electron chi connectivity index (χ1n) is 8.95. The molecule has 1 atom stereocenters. The Kier molecular flexibility index (Phi) is 5.26. The Balaban J connectivity index is 2.23. The Morgan fingerprint density at radius 2 is 1.89 bits per heavy atom. The van der Waals surface area contributed by atoms with E-state index in [4.69, 9.17) is 0 Å². The van der Waals surface area contributed by atoms with Crippen molar-refractivity contribution in [3.05, 3.63) is 80.9 Å². The molecule has 0 bridgehead atoms. The van der Waals surface area contributed by atoms with Crippen LogP contribution in [0.15, 0.2) is 54.1 Å². The molecule has 0 aliphatic carbocycles. The second-order valence-electron chi connectivity index (χ2n) is 6.66. The van der Waals surface area contributed by atoms with Gasteiger partial charge in [0.2, 0.25) is 0 Å². The SMILES string of the molecule is CCCN1C(=O)C(=O)/C(=C(/O)c2cccc([N+](=O)[O-])c2)C1c1ccccc1C. The van der Waals surface area contributed by atoms with E-state index in [9.17, 15) is 24.8 Å². The highest BCUT2D eigenvalue weighted by atomic mass is 16.6. The Morgan fingerprint density at radius 3 is 2.54 bits per heavy atom. The Morgan fingerprint density at radius 1 is 1.18 bits per heavy atom. The Labute approximate surface area is 162 Å². The number of nitro groups is 1. The van der Waals surface area contributed by atoms with Crippen molar-refractivity contribution in [1.29, 1.82) is 0 Å². The van der Waals surface area contributed by atoms with Gasteiger partial charge in [0, 0.05) is 24.2 Å². The molecule has 1 unspecified atom stereocenters. The van der Waals surface area contributed by atoms with Crippen LogP contribution in [-0.4, -0.2) is 33.2 Å². The average Bonchev–Trinajstić information content (AvgIpc) is 2.93. The van der Waals surface area contributed by atoms with Crippen molar-refractivity contribution in [2.45, 2.75) is 26.3 Å². The van der Waals surface area contributed by atoms with Crippen LogP contribution in [0.5, 0.6) is 0 Å². The van der Waals surface area contributed by atoms with Crippen LogP contribution in [0.3, 0.4) is 0 Å². The van der Waals surface area contributed by atoms with Gasteiger partial charge in [0.15, 0.2) is 0 Å². The molecule has 1 fully saturated rings. The largest absolute Gasteiger partial charge is 0.507 e. The minimum absolute atomic E-state index is 0.0479. The Hall–Kier alpha value is -3.48. The number of Topliss-reactive ketones (excluding diaryl/α,β-unsaturated/α-hetero) is 1. The number of nitro benzene ring substituents is 1. The highest BCUT2D eigenvalue weighted by Gasteiger charge is 2.46. The van der Waals surface area contributed by atoms with Gasteiger partial charge >= 0.3 is 0 Å². The first-order valence-corrected chi connectivity index (χ1v) is 8.95. The lowest BCUT2D eigenvalue weighted by Gasteiger charge is -2.26. The lowest BCUT2D eigenvalue weighted by molar-refractivity contribution is -0.384. The number of likely N-dealkylation sites (tertiary alicyclic amines) is 1. The van der Waals surface area contributed by atoms with Crippen LogP contribution in [0, 0.1) is 17.0 Å². The predicted molar refractivity (Wildman–Crippen MR) is 104 cm³/mol. The van der Waals surface area contributed by atoms with Gasteiger partial charge in [-0.05, 0) is 24.5 Å². The van der Waals surface area contributed by atoms with Crippen molar-refractivity contribution in [2.75, 3.05) is 6.54 Å². The van der Waals surface area contributed by atoms with Crippen LogP contribution in [-0.2, 0) is 9.59 Å². The monoisotopic (exact) mass is 380 g/mol. The van der Waals surface area contributed by atoms with Crippen molar-refractivity contribution < 1.29 is 19.6 Å². The van der Waals surface area contributed by atoms with Crippen molar-refractivity contribution in [3.63, 3.8) is 0 Å². The van der Waals surface area contributed by atoms with Gasteiger partial charge in [-0.25, -0.2) is 0 Å². The third-order valence-electron chi connectivity index (χ3n) is 4.82. The number of benzene rings is 2. The molecule has 0 spiro atoms. The molecule has 0 saturated carbocycles. The zero-order chi connectivity index (χ0) is 20.4. The topological polar surface area (TPSA) is 101 Å². The smallest absolute Gasteiger partial charge is 0.295 e. The lowest BCUT2D eigenvalue weighted by atomic mass is 9.92. The first kappa shape index (κ1) is 19.3. The van der Waals surface area contributed by atoms with Crippen LogP contribution in [0.2, 0.25) is 0 Å². The standard InChI is InChI=1S/C21H20N2O5/c1-3-11-22-18(16-10-5-4-7-13(16)2)17(20(25)21(22)26)19(24)14-8-6-9-15(12-14)23(27)28/h4-10,12,18,24H,3,11H2,1-2H3/b19-17+. The number of nitrogens with zero attached hydrogens (tertiary/aromatic N) is 2. The number of amides is 1. The minimum atomic E-state index is -0.786. The van der Waals surface area contributed by atoms with Gasteiger partial charge in [-0.2, -0.15) is 0 Å². The van der Waals surface area contributed by atoms with Crippen molar-refractivity contribution >= 4 is 23.1 Å². The molecule has 3 rings (SSSR count). The number of aliphatic hydroxyl groups excluding tert-OH is 1. The number of non-ortho nitro benzene ring substituents is 1. The van der Waals surface area contributed by atoms with Crippen LogP contribution >= 0.6 is 0 Å². The van der Waals surface area contributed by atoms with Crippen LogP contribution in [0.25, 0.3) is 5.76 Å². The molecule has 7 heteroatoms. The zero-order valence-corrected chi connectivity index (χ0v) is 15.6. The maximum atomic E-state index is 12.8. The number of aryl methyl sites for hydroxylation is 1. The molecule has 1 saturated heterocycles. The molecule has 2 aromatic rings. The third kappa shape index (κ3) is 3.26. The van der Waals surface area contributed by atoms with E-state index in [0.29, 0.717) is 13.0 Å². The van der Waals surface area contributed by atoms with E-state index in [0.717, 1.165) is 11.1 Å². The number of rotatable bonds is 5. The molecule has 1 heterocycles. The summed E-state index contributed by atoms with van der Waals surface area (Å²) in [6, 6.07) is 12.0. The molecular formula is C21H20N2O5. The number of hydrogen-bond donors (Lipinski definition) is 1. The Bertz CT molecular complexity index is 996. The number of hydrogen-bond acceptors (Lipinski definition) is 5. The van der Waals surface area contributed by atoms with E-state index >= 15 is 0 Å². The quantitative estimate of drug-likeness (QED) is 0.280. The van der Waals surface area contributed by atoms with Crippen LogP contribution < -0.4 is 0 Å². The number of carbonyl (C=O) groups is 2. The van der Waals surface area contributed by atoms with E-state index in [1.54, 1.807) is 0 Å². The second kappa shape index (κ2) is 7.64. The molecule has 144 valence electrons. The summed E-state index contributed by atoms with van der Waals surface area (Å²) in [5.41, 5.74) is 1.48. The van der Waals surface area contributed by atoms with Gasteiger partial charge in [-0.15, -0.1) is 0 Å². The minimum Gasteiger partial charge on any atom is -0.507 e. The summed E-state index contributed by atoms with van der Waals surface area (Å²) in [5, 5.41) is 21.9. The summed E-state index contributed by atoms with van der Waals surface area (Å²) in [4.78, 5) is 37.3. The highest BCUT2D eigenvalue weighted by molar-refractivity contribution is 6.46. The van der Waals surface area contributed by atoms with E-state index < -0.39 is 28.4 Å². The molecule has 0 radical (unpaired) electrons. The number of carbonyl (C=O) groups excluding carboxylic acids is 2. The summed E-state index contributed by atoms with van der Waals surface area (Å²) in [7, 11) is 0. The highest BCUT2D eigenvalue weighted by Crippen LogP contribution is 2.40. The van der Waals surface area contributed by atoms with Crippen molar-refractivity contribution in [2.24, 2.45) is 0 Å². The lowest BCUT2D eigenvalue weighted by Crippen LogP contribution is -2.30. The van der Waals surface area contributed by atoms with E-state index in [1.807, 2.05) is 38.1 Å². The molecule has 1 N–H and O–H groups in total. The van der Waals surface area contributed by atoms with Crippen molar-refractivity contribution in [1.82, 2.24) is 4.90 Å². The summed E-state index contributed by atoms with van der Waals surface area (Å²) in [5.74, 6) is -1.87. The fourth-order valence-corrected chi connectivity index (χ4v) is 3.49. The van der Waals surface area contributed by atoms with E-state index in [1.165, 1.54) is 29.2 Å². The van der Waals surface area contributed by atoms with Gasteiger partial charge < -0.3 is 10.0 Å². The number of aliphatic hydroxyl groups is 1. The maximum absolute atomic E-state index is 12.8. The number of ketones is 1. The van der Waals surface area contributed by atoms with Crippen LogP contribution in [0.1, 0.15) is 36.1 Å². The van der Waals surface area contributed by atoms with Gasteiger partial charge in [0.05, 0.1) is 16.5 Å². The molecular weight excluding hydrogens is 360 g/mol. The van der Waals surface area contributed by atoms with Gasteiger partial charge in [-0.1, -0.05) is 43.3 Å². The van der Waals surface area contributed by atoms with E-state index in [2.05, 4.69) is 0 Å². The molecule has 28 heavy (non-hydrogen) atoms. The van der Waals surface area contributed by atoms with E-state index in [-0.39, 0.29) is 16.8 Å². The summed E-state index contributed by atoms with van der Waals surface area (Å²) in [6.45, 7) is 4.12. The zero-order valence-electron chi connectivity index (χ0n) is 15.6. The molecule has 2 aromatic carbocycles. The summed E-state index contributed by atoms with van der Waals surface area (Å²) >= 11 is 0. The third-order valence-corrected chi connectivity index (χ3v) is 4.82. The van der Waals surface area contributed by atoms with Crippen molar-refractivity contribution in [3.8, 4) is 0 Å². The fraction of sp³-hybridized carbons (Fsp3) is 0.238. The molecule has 1 aliphatic heterocycles. The molecule has 1 amide bonds. The average molecular weight is 380 g/mol. The van der Waals surface area contributed by atoms with Gasteiger partial charge in [0.1, 0.15) is 5.76 Å².